The Balaban J connectivity index is 1.51. The number of pyridine rings is 1. The van der Waals surface area contributed by atoms with Gasteiger partial charge >= 0.3 is 0 Å². The molecule has 0 radical (unpaired) electrons. The number of fused-ring (bicyclic) bond motifs is 1. The molecular formula is C24H34N4O3S. The Kier molecular flexibility index (Phi) is 7.00. The molecule has 1 N–H and O–H groups in total. The van der Waals surface area contributed by atoms with Gasteiger partial charge in [0.15, 0.2) is 0 Å². The number of nitrogens with one attached hydrogen (secondary N) is 1. The van der Waals surface area contributed by atoms with Gasteiger partial charge in [0.25, 0.3) is 0 Å². The number of aromatic nitrogens is 1. The number of anilines is 1. The first-order chi connectivity index (χ1) is 15.4. The molecule has 0 bridgehead atoms. The molecule has 3 heterocycles. The summed E-state index contributed by atoms with van der Waals surface area (Å²) < 4.78 is 27.6. The summed E-state index contributed by atoms with van der Waals surface area (Å²) in [6.45, 7) is 6.81. The molecule has 2 saturated heterocycles. The lowest BCUT2D eigenvalue weighted by molar-refractivity contribution is -0.125. The number of rotatable bonds is 6. The largest absolute Gasteiger partial charge is 0.356 e. The molecule has 8 heteroatoms. The number of hydrogen-bond acceptors (Lipinski definition) is 5. The van der Waals surface area contributed by atoms with Gasteiger partial charge in [0, 0.05) is 37.6 Å². The first kappa shape index (κ1) is 23.0. The maximum atomic E-state index is 13.0. The maximum Gasteiger partial charge on any atom is 0.243 e. The smallest absolute Gasteiger partial charge is 0.243 e. The van der Waals surface area contributed by atoms with Crippen LogP contribution >= 0.6 is 0 Å². The molecule has 2 fully saturated rings. The minimum Gasteiger partial charge on any atom is -0.356 e. The van der Waals surface area contributed by atoms with Crippen molar-refractivity contribution in [2.45, 2.75) is 63.3 Å². The monoisotopic (exact) mass is 458 g/mol. The van der Waals surface area contributed by atoms with Crippen LogP contribution in [0.2, 0.25) is 0 Å². The van der Waals surface area contributed by atoms with Gasteiger partial charge in [-0.15, -0.1) is 0 Å². The van der Waals surface area contributed by atoms with Gasteiger partial charge < -0.3 is 10.2 Å². The average Bonchev–Trinajstić information content (AvgIpc) is 2.83. The number of amides is 1. The zero-order valence-electron chi connectivity index (χ0n) is 19.1. The second-order valence-corrected chi connectivity index (χ2v) is 11.0. The lowest BCUT2D eigenvalue weighted by Gasteiger charge is -2.33. The van der Waals surface area contributed by atoms with Crippen molar-refractivity contribution in [2.24, 2.45) is 5.92 Å². The van der Waals surface area contributed by atoms with E-state index in [9.17, 15) is 13.2 Å². The van der Waals surface area contributed by atoms with Crippen molar-refractivity contribution < 1.29 is 13.2 Å². The third kappa shape index (κ3) is 4.91. The normalized spacial score (nSPS) is 21.4. The van der Waals surface area contributed by atoms with Crippen LogP contribution in [0.5, 0.6) is 0 Å². The first-order valence-electron chi connectivity index (χ1n) is 11.8. The number of nitrogens with zero attached hydrogens (tertiary/aromatic N) is 3. The van der Waals surface area contributed by atoms with Crippen molar-refractivity contribution in [3.8, 4) is 0 Å². The molecule has 2 atom stereocenters. The molecule has 1 aromatic carbocycles. The average molecular weight is 459 g/mol. The van der Waals surface area contributed by atoms with Gasteiger partial charge in [0.05, 0.1) is 16.3 Å². The standard InChI is InChI=1S/C24H34N4O3S/c1-3-18(2)25-24(29)20-8-7-13-27(17-20)23-12-9-19-16-21(10-11-22(19)26-23)32(30,31)28-14-5-4-6-15-28/h9-12,16,18,20H,3-8,13-15,17H2,1-2H3,(H,25,29)/t18-,20-/m0/s1. The summed E-state index contributed by atoms with van der Waals surface area (Å²) in [6.07, 6.45) is 5.69. The predicted octanol–water partition coefficient (Wildman–Crippen LogP) is 3.54. The van der Waals surface area contributed by atoms with Crippen molar-refractivity contribution in [2.75, 3.05) is 31.1 Å². The number of piperidine rings is 2. The summed E-state index contributed by atoms with van der Waals surface area (Å²) in [5, 5.41) is 3.92. The fourth-order valence-electron chi connectivity index (χ4n) is 4.55. The van der Waals surface area contributed by atoms with Crippen LogP contribution in [-0.4, -0.2) is 55.8 Å². The second kappa shape index (κ2) is 9.75. The van der Waals surface area contributed by atoms with Gasteiger partial charge in [-0.2, -0.15) is 4.31 Å². The summed E-state index contributed by atoms with van der Waals surface area (Å²) in [5.74, 6) is 0.926. The number of benzene rings is 1. The molecule has 2 aliphatic rings. The van der Waals surface area contributed by atoms with E-state index in [4.69, 9.17) is 4.98 Å². The van der Waals surface area contributed by atoms with Crippen LogP contribution in [0.25, 0.3) is 10.9 Å². The Morgan fingerprint density at radius 2 is 1.91 bits per heavy atom. The molecule has 4 rings (SSSR count). The van der Waals surface area contributed by atoms with E-state index in [-0.39, 0.29) is 17.9 Å². The van der Waals surface area contributed by atoms with E-state index in [0.717, 1.165) is 61.8 Å². The molecule has 174 valence electrons. The van der Waals surface area contributed by atoms with Crippen LogP contribution in [0.1, 0.15) is 52.4 Å². The third-order valence-electron chi connectivity index (χ3n) is 6.72. The zero-order valence-corrected chi connectivity index (χ0v) is 19.9. The molecule has 32 heavy (non-hydrogen) atoms. The van der Waals surface area contributed by atoms with Crippen molar-refractivity contribution in [3.05, 3.63) is 30.3 Å². The molecule has 0 spiro atoms. The summed E-state index contributed by atoms with van der Waals surface area (Å²) in [5.41, 5.74) is 0.770. The molecule has 0 unspecified atom stereocenters. The Hall–Kier alpha value is -2.19. The highest BCUT2D eigenvalue weighted by Gasteiger charge is 2.28. The van der Waals surface area contributed by atoms with Gasteiger partial charge in [-0.3, -0.25) is 4.79 Å². The SMILES string of the molecule is CC[C@H](C)NC(=O)[C@H]1CCCN(c2ccc3cc(S(=O)(=O)N4CCCCC4)ccc3n2)C1. The van der Waals surface area contributed by atoms with Crippen LogP contribution in [-0.2, 0) is 14.8 Å². The van der Waals surface area contributed by atoms with Gasteiger partial charge in [-0.05, 0) is 69.4 Å². The zero-order chi connectivity index (χ0) is 22.7. The summed E-state index contributed by atoms with van der Waals surface area (Å²) >= 11 is 0. The highest BCUT2D eigenvalue weighted by molar-refractivity contribution is 7.89. The third-order valence-corrected chi connectivity index (χ3v) is 8.61. The molecule has 7 nitrogen and oxygen atoms in total. The topological polar surface area (TPSA) is 82.6 Å². The Labute approximate surface area is 191 Å². The van der Waals surface area contributed by atoms with Crippen LogP contribution in [0.15, 0.2) is 35.2 Å². The minimum absolute atomic E-state index is 0.0349. The van der Waals surface area contributed by atoms with E-state index >= 15 is 0 Å². The number of carbonyl (C=O) groups excluding carboxylic acids is 1. The van der Waals surface area contributed by atoms with Crippen molar-refractivity contribution in [3.63, 3.8) is 0 Å². The lowest BCUT2D eigenvalue weighted by Crippen LogP contribution is -2.45. The van der Waals surface area contributed by atoms with E-state index in [1.807, 2.05) is 19.1 Å². The van der Waals surface area contributed by atoms with Crippen LogP contribution < -0.4 is 10.2 Å². The number of hydrogen-bond donors (Lipinski definition) is 1. The van der Waals surface area contributed by atoms with E-state index < -0.39 is 10.0 Å². The van der Waals surface area contributed by atoms with Crippen molar-refractivity contribution >= 4 is 32.7 Å². The van der Waals surface area contributed by atoms with Gasteiger partial charge in [-0.25, -0.2) is 13.4 Å². The summed E-state index contributed by atoms with van der Waals surface area (Å²) in [4.78, 5) is 19.9. The van der Waals surface area contributed by atoms with Crippen molar-refractivity contribution in [1.82, 2.24) is 14.6 Å². The number of sulfonamides is 1. The van der Waals surface area contributed by atoms with E-state index in [1.165, 1.54) is 0 Å². The Bertz CT molecular complexity index is 1070. The van der Waals surface area contributed by atoms with Crippen LogP contribution in [0.3, 0.4) is 0 Å². The van der Waals surface area contributed by atoms with E-state index in [2.05, 4.69) is 17.1 Å². The van der Waals surface area contributed by atoms with Gasteiger partial charge in [0.1, 0.15) is 5.82 Å². The quantitative estimate of drug-likeness (QED) is 0.716. The Morgan fingerprint density at radius 1 is 1.12 bits per heavy atom. The second-order valence-electron chi connectivity index (χ2n) is 9.09. The van der Waals surface area contributed by atoms with E-state index in [1.54, 1.807) is 22.5 Å². The predicted molar refractivity (Wildman–Crippen MR) is 127 cm³/mol. The maximum absolute atomic E-state index is 13.0. The molecule has 1 amide bonds. The molecule has 2 aromatic rings. The molecule has 0 aliphatic carbocycles. The van der Waals surface area contributed by atoms with Gasteiger partial charge in [0.2, 0.25) is 15.9 Å². The summed E-state index contributed by atoms with van der Waals surface area (Å²) in [6, 6.07) is 9.26. The number of carbonyl (C=O) groups is 1. The molecular weight excluding hydrogens is 424 g/mol. The lowest BCUT2D eigenvalue weighted by atomic mass is 9.96. The molecule has 2 aliphatic heterocycles. The summed E-state index contributed by atoms with van der Waals surface area (Å²) in [7, 11) is -3.46. The first-order valence-corrected chi connectivity index (χ1v) is 13.3. The van der Waals surface area contributed by atoms with E-state index in [0.29, 0.717) is 24.5 Å². The molecule has 1 aromatic heterocycles. The van der Waals surface area contributed by atoms with Crippen LogP contribution in [0.4, 0.5) is 5.82 Å². The Morgan fingerprint density at radius 3 is 2.66 bits per heavy atom. The fraction of sp³-hybridized carbons (Fsp3) is 0.583. The highest BCUT2D eigenvalue weighted by Crippen LogP contribution is 2.27. The highest BCUT2D eigenvalue weighted by atomic mass is 32.2. The molecule has 0 saturated carbocycles. The fourth-order valence-corrected chi connectivity index (χ4v) is 6.10. The van der Waals surface area contributed by atoms with Gasteiger partial charge in [-0.1, -0.05) is 13.3 Å². The minimum atomic E-state index is -3.46. The van der Waals surface area contributed by atoms with Crippen LogP contribution in [0, 0.1) is 5.92 Å². The van der Waals surface area contributed by atoms with Crippen molar-refractivity contribution in [1.29, 1.82) is 0 Å².